The largest absolute Gasteiger partial charge is 0.456 e. The number of rotatable bonds is 12. The van der Waals surface area contributed by atoms with Crippen LogP contribution in [0.1, 0.15) is 48.5 Å². The number of carbonyl (C=O) groups is 7. The lowest BCUT2D eigenvalue weighted by molar-refractivity contribution is -0.349. The quantitative estimate of drug-likeness (QED) is 0.173. The number of carbonyl (C=O) groups excluding carboxylic acids is 7. The van der Waals surface area contributed by atoms with Gasteiger partial charge in [0, 0.05) is 55.6 Å². The maximum Gasteiger partial charge on any atom is 0.303 e. The van der Waals surface area contributed by atoms with E-state index in [1.54, 1.807) is 0 Å². The van der Waals surface area contributed by atoms with E-state index in [0.29, 0.717) is 0 Å². The third-order valence-corrected chi connectivity index (χ3v) is 7.13. The normalized spacial score (nSPS) is 33.9. The molecule has 0 aromatic carbocycles. The van der Waals surface area contributed by atoms with Gasteiger partial charge in [-0.3, -0.25) is 33.6 Å². The Balaban J connectivity index is 1.94. The molecule has 3 aliphatic heterocycles. The molecule has 0 saturated carbocycles. The van der Waals surface area contributed by atoms with Crippen molar-refractivity contribution in [2.24, 2.45) is 0 Å². The van der Waals surface area contributed by atoms with Gasteiger partial charge in [-0.2, -0.15) is 0 Å². The predicted octanol–water partition coefficient (Wildman–Crippen LogP) is -1.01. The summed E-state index contributed by atoms with van der Waals surface area (Å²) in [5.41, 5.74) is 0. The molecule has 282 valence electrons. The van der Waals surface area contributed by atoms with Crippen LogP contribution >= 0.6 is 0 Å². The van der Waals surface area contributed by atoms with Crippen LogP contribution in [0.15, 0.2) is 0 Å². The molecule has 3 saturated heterocycles. The fourth-order valence-corrected chi connectivity index (χ4v) is 5.51. The first-order valence-corrected chi connectivity index (χ1v) is 15.4. The van der Waals surface area contributed by atoms with E-state index in [0.717, 1.165) is 48.5 Å². The predicted molar refractivity (Wildman–Crippen MR) is 155 cm³/mol. The summed E-state index contributed by atoms with van der Waals surface area (Å²) in [5, 5.41) is 0. The van der Waals surface area contributed by atoms with Crippen LogP contribution in [-0.4, -0.2) is 143 Å². The Bertz CT molecular complexity index is 1250. The lowest BCUT2D eigenvalue weighted by Gasteiger charge is -2.46. The second kappa shape index (κ2) is 18.3. The van der Waals surface area contributed by atoms with Crippen LogP contribution < -0.4 is 0 Å². The van der Waals surface area contributed by atoms with Crippen molar-refractivity contribution in [1.82, 2.24) is 0 Å². The summed E-state index contributed by atoms with van der Waals surface area (Å²) < 4.78 is 72.4. The number of methoxy groups -OCH3 is 1. The van der Waals surface area contributed by atoms with Gasteiger partial charge in [-0.1, -0.05) is 0 Å². The van der Waals surface area contributed by atoms with Crippen molar-refractivity contribution in [3.63, 3.8) is 0 Å². The van der Waals surface area contributed by atoms with Gasteiger partial charge in [0.2, 0.25) is 0 Å². The highest BCUT2D eigenvalue weighted by Crippen LogP contribution is 2.33. The molecule has 0 radical (unpaired) electrons. The van der Waals surface area contributed by atoms with Crippen molar-refractivity contribution in [3.8, 4) is 0 Å². The van der Waals surface area contributed by atoms with Crippen molar-refractivity contribution in [2.45, 2.75) is 122 Å². The van der Waals surface area contributed by atoms with Crippen LogP contribution in [0.2, 0.25) is 0 Å². The average molecular weight is 723 g/mol. The molecule has 3 aliphatic rings. The fraction of sp³-hybridized carbons (Fsp3) is 0.767. The van der Waals surface area contributed by atoms with Crippen molar-refractivity contribution in [2.75, 3.05) is 26.9 Å². The Morgan fingerprint density at radius 2 is 0.640 bits per heavy atom. The van der Waals surface area contributed by atoms with Gasteiger partial charge in [-0.05, 0) is 0 Å². The van der Waals surface area contributed by atoms with E-state index in [9.17, 15) is 33.6 Å². The van der Waals surface area contributed by atoms with Gasteiger partial charge in [0.05, 0.1) is 19.8 Å². The van der Waals surface area contributed by atoms with E-state index < -0.39 is 122 Å². The zero-order valence-corrected chi connectivity index (χ0v) is 28.7. The highest BCUT2D eigenvalue weighted by molar-refractivity contribution is 5.69. The van der Waals surface area contributed by atoms with Crippen LogP contribution in [-0.2, 0) is 95.1 Å². The molecule has 0 amide bonds. The molecule has 0 aromatic heterocycles. The van der Waals surface area contributed by atoms with Crippen molar-refractivity contribution in [3.05, 3.63) is 0 Å². The Labute approximate surface area is 286 Å². The molecule has 12 atom stereocenters. The Morgan fingerprint density at radius 1 is 0.380 bits per heavy atom. The molecule has 20 heteroatoms. The van der Waals surface area contributed by atoms with E-state index >= 15 is 0 Å². The zero-order valence-electron chi connectivity index (χ0n) is 28.7. The zero-order chi connectivity index (χ0) is 37.3. The molecular formula is C30H42O20. The molecule has 0 bridgehead atoms. The number of esters is 7. The molecule has 0 aliphatic carbocycles. The minimum absolute atomic E-state index is 0.292. The molecule has 0 N–H and O–H groups in total. The van der Waals surface area contributed by atoms with E-state index in [1.807, 2.05) is 0 Å². The summed E-state index contributed by atoms with van der Waals surface area (Å²) in [4.78, 5) is 84.5. The lowest BCUT2D eigenvalue weighted by Crippen LogP contribution is -2.64. The van der Waals surface area contributed by atoms with Gasteiger partial charge in [0.15, 0.2) is 61.6 Å². The Kier molecular flexibility index (Phi) is 14.8. The van der Waals surface area contributed by atoms with Crippen LogP contribution in [0, 0.1) is 0 Å². The van der Waals surface area contributed by atoms with Crippen LogP contribution in [0.4, 0.5) is 0 Å². The molecule has 0 spiro atoms. The second-order valence-electron chi connectivity index (χ2n) is 11.3. The maximum absolute atomic E-state index is 12.3. The molecule has 3 rings (SSSR count). The average Bonchev–Trinajstić information content (AvgIpc) is 2.98. The summed E-state index contributed by atoms with van der Waals surface area (Å²) in [6.45, 7) is 6.54. The Hall–Kier alpha value is -3.95. The van der Waals surface area contributed by atoms with E-state index in [1.165, 1.54) is 7.11 Å². The van der Waals surface area contributed by atoms with Crippen molar-refractivity contribution < 1.29 is 95.1 Å². The monoisotopic (exact) mass is 722 g/mol. The summed E-state index contributed by atoms with van der Waals surface area (Å²) in [7, 11) is 1.28. The van der Waals surface area contributed by atoms with Gasteiger partial charge in [0.25, 0.3) is 0 Å². The van der Waals surface area contributed by atoms with Gasteiger partial charge in [-0.15, -0.1) is 0 Å². The van der Waals surface area contributed by atoms with Crippen molar-refractivity contribution in [1.29, 1.82) is 0 Å². The van der Waals surface area contributed by atoms with Crippen molar-refractivity contribution >= 4 is 41.8 Å². The van der Waals surface area contributed by atoms with E-state index in [4.69, 9.17) is 61.6 Å². The number of hydrogen-bond donors (Lipinski definition) is 0. The summed E-state index contributed by atoms with van der Waals surface area (Å²) in [6.07, 6.45) is -16.5. The van der Waals surface area contributed by atoms with Crippen LogP contribution in [0.3, 0.4) is 0 Å². The van der Waals surface area contributed by atoms with Crippen LogP contribution in [0.25, 0.3) is 0 Å². The molecule has 3 fully saturated rings. The Morgan fingerprint density at radius 3 is 0.960 bits per heavy atom. The van der Waals surface area contributed by atoms with Crippen LogP contribution in [0.5, 0.6) is 0 Å². The van der Waals surface area contributed by atoms with E-state index in [2.05, 4.69) is 0 Å². The third kappa shape index (κ3) is 11.3. The first kappa shape index (κ1) is 40.5. The summed E-state index contributed by atoms with van der Waals surface area (Å²) in [6, 6.07) is 0. The molecule has 50 heavy (non-hydrogen) atoms. The maximum atomic E-state index is 12.3. The first-order valence-electron chi connectivity index (χ1n) is 15.4. The fourth-order valence-electron chi connectivity index (χ4n) is 5.51. The van der Waals surface area contributed by atoms with Gasteiger partial charge in [-0.25, -0.2) is 0 Å². The SMILES string of the molecule is COC1OCC(OC2OCC(OC3OCC(OC(C)=O)C(OC(C)=O)C3OC(C)=O)C(OC(C)=O)C2OC(C)=O)C(OC(C)=O)C1OC(C)=O. The summed E-state index contributed by atoms with van der Waals surface area (Å²) in [5.74, 6) is -5.58. The highest BCUT2D eigenvalue weighted by atomic mass is 16.8. The van der Waals surface area contributed by atoms with Gasteiger partial charge < -0.3 is 61.6 Å². The molecule has 12 unspecified atom stereocenters. The number of ether oxygens (including phenoxy) is 13. The molecule has 0 aromatic rings. The topological polar surface area (TPSA) is 239 Å². The van der Waals surface area contributed by atoms with Gasteiger partial charge in [0.1, 0.15) is 12.2 Å². The highest BCUT2D eigenvalue weighted by Gasteiger charge is 2.54. The minimum atomic E-state index is -1.56. The van der Waals surface area contributed by atoms with E-state index in [-0.39, 0.29) is 13.2 Å². The standard InChI is InChI=1S/C30H42O20/c1-12(31)42-19-9-40-29(26(47-17(6)36)22(19)43-13(2)32)50-21-11-41-30(27(48-18(7)37)24(21)45-15(4)34)49-20-10-39-28(38-8)25(46-16(5)35)23(20)44-14(3)33/h19-30H,9-11H2,1-8H3. The smallest absolute Gasteiger partial charge is 0.303 e. The molecule has 20 nitrogen and oxygen atoms in total. The minimum Gasteiger partial charge on any atom is -0.456 e. The number of hydrogen-bond acceptors (Lipinski definition) is 20. The molecular weight excluding hydrogens is 680 g/mol. The first-order chi connectivity index (χ1) is 23.5. The van der Waals surface area contributed by atoms with Gasteiger partial charge >= 0.3 is 41.8 Å². The second-order valence-corrected chi connectivity index (χ2v) is 11.3. The molecule has 3 heterocycles. The third-order valence-electron chi connectivity index (χ3n) is 7.13. The lowest BCUT2D eigenvalue weighted by atomic mass is 10.0. The summed E-state index contributed by atoms with van der Waals surface area (Å²) >= 11 is 0.